The largest absolute Gasteiger partial charge is 0.450 e. The zero-order valence-electron chi connectivity index (χ0n) is 14.1. The maximum absolute atomic E-state index is 13.6. The Morgan fingerprint density at radius 1 is 1.15 bits per heavy atom. The van der Waals surface area contributed by atoms with Gasteiger partial charge in [0.1, 0.15) is 5.82 Å². The fourth-order valence-corrected chi connectivity index (χ4v) is 3.06. The minimum absolute atomic E-state index is 0.0828. The Morgan fingerprint density at radius 2 is 1.89 bits per heavy atom. The van der Waals surface area contributed by atoms with Gasteiger partial charge in [-0.05, 0) is 36.4 Å². The van der Waals surface area contributed by atoms with Crippen molar-refractivity contribution in [2.75, 3.05) is 17.7 Å². The zero-order valence-corrected chi connectivity index (χ0v) is 14.1. The minimum atomic E-state index is -4.67. The number of carbonyl (C=O) groups is 1. The average molecular weight is 373 g/mol. The van der Waals surface area contributed by atoms with Crippen molar-refractivity contribution in [2.45, 2.75) is 6.18 Å². The van der Waals surface area contributed by atoms with E-state index in [1.807, 2.05) is 0 Å². The lowest BCUT2D eigenvalue weighted by molar-refractivity contribution is -0.145. The molecule has 0 spiro atoms. The summed E-state index contributed by atoms with van der Waals surface area (Å²) >= 11 is 0. The van der Waals surface area contributed by atoms with Gasteiger partial charge < -0.3 is 16.0 Å². The second kappa shape index (κ2) is 5.76. The number of fused-ring (bicyclic) bond motifs is 2. The SMILES string of the molecule is C=C1Nc2ccc(-n3c(C(F)(F)F)nc4cc(C(=O)NC)ccc43)cc2N1. The van der Waals surface area contributed by atoms with Crippen LogP contribution in [0.15, 0.2) is 48.8 Å². The minimum Gasteiger partial charge on any atom is -0.355 e. The highest BCUT2D eigenvalue weighted by Gasteiger charge is 2.38. The van der Waals surface area contributed by atoms with E-state index in [1.165, 1.54) is 25.2 Å². The molecule has 3 aromatic rings. The maximum Gasteiger partial charge on any atom is 0.450 e. The van der Waals surface area contributed by atoms with E-state index in [0.717, 1.165) is 10.3 Å². The van der Waals surface area contributed by atoms with Crippen LogP contribution in [0.3, 0.4) is 0 Å². The monoisotopic (exact) mass is 373 g/mol. The number of halogens is 3. The van der Waals surface area contributed by atoms with E-state index >= 15 is 0 Å². The first-order valence-corrected chi connectivity index (χ1v) is 7.97. The van der Waals surface area contributed by atoms with Gasteiger partial charge in [0, 0.05) is 18.3 Å². The van der Waals surface area contributed by atoms with Crippen LogP contribution in [-0.4, -0.2) is 22.5 Å². The van der Waals surface area contributed by atoms with E-state index in [0.29, 0.717) is 17.2 Å². The summed E-state index contributed by atoms with van der Waals surface area (Å²) < 4.78 is 41.9. The second-order valence-electron chi connectivity index (χ2n) is 6.01. The smallest absolute Gasteiger partial charge is 0.355 e. The summed E-state index contributed by atoms with van der Waals surface area (Å²) in [5, 5.41) is 8.39. The molecule has 138 valence electrons. The van der Waals surface area contributed by atoms with Gasteiger partial charge in [-0.25, -0.2) is 4.98 Å². The molecule has 0 saturated carbocycles. The van der Waals surface area contributed by atoms with Crippen molar-refractivity contribution < 1.29 is 18.0 Å². The van der Waals surface area contributed by atoms with Gasteiger partial charge in [0.15, 0.2) is 0 Å². The molecule has 1 aliphatic heterocycles. The van der Waals surface area contributed by atoms with E-state index in [1.54, 1.807) is 18.2 Å². The molecular weight excluding hydrogens is 359 g/mol. The molecule has 0 fully saturated rings. The average Bonchev–Trinajstić information content (AvgIpc) is 3.18. The van der Waals surface area contributed by atoms with Crippen LogP contribution in [0.5, 0.6) is 0 Å². The van der Waals surface area contributed by atoms with Crippen molar-refractivity contribution in [3.63, 3.8) is 0 Å². The van der Waals surface area contributed by atoms with Gasteiger partial charge in [-0.2, -0.15) is 13.2 Å². The Kier molecular flexibility index (Phi) is 3.62. The van der Waals surface area contributed by atoms with Crippen LogP contribution in [0.25, 0.3) is 16.7 Å². The van der Waals surface area contributed by atoms with Crippen molar-refractivity contribution in [1.82, 2.24) is 14.9 Å². The summed E-state index contributed by atoms with van der Waals surface area (Å²) in [7, 11) is 1.45. The number of hydrogen-bond acceptors (Lipinski definition) is 4. The Balaban J connectivity index is 1.95. The number of alkyl halides is 3. The van der Waals surface area contributed by atoms with Crippen LogP contribution in [-0.2, 0) is 6.18 Å². The van der Waals surface area contributed by atoms with Gasteiger partial charge in [0.05, 0.1) is 22.4 Å². The topological polar surface area (TPSA) is 71.0 Å². The molecule has 0 aliphatic carbocycles. The van der Waals surface area contributed by atoms with Crippen molar-refractivity contribution in [2.24, 2.45) is 0 Å². The molecule has 2 heterocycles. The summed E-state index contributed by atoms with van der Waals surface area (Å²) in [6.45, 7) is 3.74. The van der Waals surface area contributed by atoms with E-state index < -0.39 is 17.9 Å². The number of amides is 1. The number of nitrogens with one attached hydrogen (secondary N) is 3. The first kappa shape index (κ1) is 17.0. The van der Waals surface area contributed by atoms with Gasteiger partial charge in [-0.1, -0.05) is 6.58 Å². The molecule has 0 unspecified atom stereocenters. The number of aromatic nitrogens is 2. The fraction of sp³-hybridized carbons (Fsp3) is 0.111. The number of hydrogen-bond donors (Lipinski definition) is 3. The molecule has 0 atom stereocenters. The molecule has 0 saturated heterocycles. The quantitative estimate of drug-likeness (QED) is 0.640. The normalized spacial score (nSPS) is 13.3. The summed E-state index contributed by atoms with van der Waals surface area (Å²) in [6, 6.07) is 9.09. The maximum atomic E-state index is 13.6. The molecule has 27 heavy (non-hydrogen) atoms. The molecule has 2 aromatic carbocycles. The van der Waals surface area contributed by atoms with E-state index in [-0.39, 0.29) is 16.6 Å². The van der Waals surface area contributed by atoms with Crippen molar-refractivity contribution in [3.8, 4) is 5.69 Å². The highest BCUT2D eigenvalue weighted by Crippen LogP contribution is 2.37. The third-order valence-electron chi connectivity index (χ3n) is 4.23. The van der Waals surface area contributed by atoms with Crippen molar-refractivity contribution >= 4 is 28.3 Å². The van der Waals surface area contributed by atoms with Gasteiger partial charge in [-0.3, -0.25) is 9.36 Å². The highest BCUT2D eigenvalue weighted by molar-refractivity contribution is 5.97. The highest BCUT2D eigenvalue weighted by atomic mass is 19.4. The summed E-state index contributed by atoms with van der Waals surface area (Å²) in [5.41, 5.74) is 2.21. The molecule has 1 aliphatic rings. The molecular formula is C18H14F3N5O. The van der Waals surface area contributed by atoms with Crippen LogP contribution in [0, 0.1) is 0 Å². The molecule has 0 bridgehead atoms. The first-order valence-electron chi connectivity index (χ1n) is 7.97. The number of nitrogens with zero attached hydrogens (tertiary/aromatic N) is 2. The van der Waals surface area contributed by atoms with Crippen LogP contribution in [0.2, 0.25) is 0 Å². The predicted octanol–water partition coefficient (Wildman–Crippen LogP) is 3.71. The third kappa shape index (κ3) is 2.77. The lowest BCUT2D eigenvalue weighted by atomic mass is 10.2. The Bertz CT molecular complexity index is 1100. The van der Waals surface area contributed by atoms with Crippen LogP contribution in [0.1, 0.15) is 16.2 Å². The summed E-state index contributed by atoms with van der Waals surface area (Å²) in [4.78, 5) is 15.5. The first-order chi connectivity index (χ1) is 12.8. The van der Waals surface area contributed by atoms with E-state index in [2.05, 4.69) is 27.5 Å². The van der Waals surface area contributed by atoms with Crippen LogP contribution in [0.4, 0.5) is 24.5 Å². The Morgan fingerprint density at radius 3 is 2.59 bits per heavy atom. The molecule has 0 radical (unpaired) electrons. The molecule has 1 amide bonds. The molecule has 9 heteroatoms. The Hall–Kier alpha value is -3.49. The van der Waals surface area contributed by atoms with Crippen LogP contribution >= 0.6 is 0 Å². The van der Waals surface area contributed by atoms with Crippen molar-refractivity contribution in [1.29, 1.82) is 0 Å². The Labute approximate surface area is 151 Å². The predicted molar refractivity (Wildman–Crippen MR) is 95.8 cm³/mol. The zero-order chi connectivity index (χ0) is 19.3. The standard InChI is InChI=1S/C18H14F3N5O/c1-9-23-12-5-4-11(8-13(12)24-9)26-15-6-3-10(16(27)22-2)7-14(15)25-17(26)18(19,20)21/h3-8,23-24H,1H2,2H3,(H,22,27). The molecule has 1 aromatic heterocycles. The molecule has 3 N–H and O–H groups in total. The number of rotatable bonds is 2. The number of imidazole rings is 1. The number of anilines is 2. The van der Waals surface area contributed by atoms with Gasteiger partial charge >= 0.3 is 6.18 Å². The summed E-state index contributed by atoms with van der Waals surface area (Å²) in [5.74, 6) is -0.911. The van der Waals surface area contributed by atoms with Crippen LogP contribution < -0.4 is 16.0 Å². The lowest BCUT2D eigenvalue weighted by Gasteiger charge is -2.12. The molecule has 4 rings (SSSR count). The van der Waals surface area contributed by atoms with Gasteiger partial charge in [0.25, 0.3) is 5.91 Å². The lowest BCUT2D eigenvalue weighted by Crippen LogP contribution is -2.17. The molecule has 6 nitrogen and oxygen atoms in total. The van der Waals surface area contributed by atoms with E-state index in [9.17, 15) is 18.0 Å². The van der Waals surface area contributed by atoms with Crippen molar-refractivity contribution in [3.05, 3.63) is 60.2 Å². The van der Waals surface area contributed by atoms with E-state index in [4.69, 9.17) is 0 Å². The second-order valence-corrected chi connectivity index (χ2v) is 6.01. The van der Waals surface area contributed by atoms with Gasteiger partial charge in [0.2, 0.25) is 5.82 Å². The fourth-order valence-electron chi connectivity index (χ4n) is 3.06. The number of carbonyl (C=O) groups excluding carboxylic acids is 1. The number of benzene rings is 2. The third-order valence-corrected chi connectivity index (χ3v) is 4.23. The van der Waals surface area contributed by atoms with Gasteiger partial charge in [-0.15, -0.1) is 0 Å². The summed E-state index contributed by atoms with van der Waals surface area (Å²) in [6.07, 6.45) is -4.67.